The summed E-state index contributed by atoms with van der Waals surface area (Å²) in [6, 6.07) is 16.1. The predicted molar refractivity (Wildman–Crippen MR) is 97.7 cm³/mol. The summed E-state index contributed by atoms with van der Waals surface area (Å²) < 4.78 is 0. The number of quaternary nitrogens is 2. The van der Waals surface area contributed by atoms with Crippen molar-refractivity contribution in [3.05, 3.63) is 75.3 Å². The summed E-state index contributed by atoms with van der Waals surface area (Å²) in [4.78, 5) is 13.9. The van der Waals surface area contributed by atoms with Gasteiger partial charge in [0.25, 0.3) is 5.69 Å². The fourth-order valence-corrected chi connectivity index (χ4v) is 3.60. The van der Waals surface area contributed by atoms with Crippen molar-refractivity contribution in [2.45, 2.75) is 26.4 Å². The predicted octanol–water partition coefficient (Wildman–Crippen LogP) is 0.641. The highest BCUT2D eigenvalue weighted by Crippen LogP contribution is 2.16. The molecule has 1 aliphatic heterocycles. The molecular weight excluding hydrogens is 314 g/mol. The minimum atomic E-state index is -0.268. The summed E-state index contributed by atoms with van der Waals surface area (Å²) in [6.45, 7) is 8.36. The molecule has 1 saturated heterocycles. The van der Waals surface area contributed by atoms with Crippen LogP contribution in [0.25, 0.3) is 0 Å². The smallest absolute Gasteiger partial charge is 0.278 e. The zero-order chi connectivity index (χ0) is 17.6. The molecule has 1 heterocycles. The Balaban J connectivity index is 1.52. The molecule has 0 saturated carbocycles. The molecule has 2 aromatic rings. The molecule has 2 aromatic carbocycles. The van der Waals surface area contributed by atoms with Gasteiger partial charge in [-0.3, -0.25) is 10.1 Å². The molecule has 1 fully saturated rings. The second kappa shape index (κ2) is 8.23. The Morgan fingerprint density at radius 3 is 2.04 bits per heavy atom. The SMILES string of the molecule is CCc1ccc(C[NH+]2CC[NH+](Cc3ccccc3[N+](=O)[O-])CC2)cc1. The highest BCUT2D eigenvalue weighted by Gasteiger charge is 2.25. The van der Waals surface area contributed by atoms with Gasteiger partial charge in [0.1, 0.15) is 39.3 Å². The molecule has 0 radical (unpaired) electrons. The third-order valence-corrected chi connectivity index (χ3v) is 5.18. The van der Waals surface area contributed by atoms with Crippen molar-refractivity contribution in [3.63, 3.8) is 0 Å². The lowest BCUT2D eigenvalue weighted by molar-refractivity contribution is -1.02. The largest absolute Gasteiger partial charge is 0.322 e. The summed E-state index contributed by atoms with van der Waals surface area (Å²) in [7, 11) is 0. The maximum absolute atomic E-state index is 11.2. The minimum Gasteiger partial charge on any atom is -0.322 e. The first-order chi connectivity index (χ1) is 12.2. The van der Waals surface area contributed by atoms with Crippen LogP contribution < -0.4 is 9.80 Å². The van der Waals surface area contributed by atoms with Gasteiger partial charge < -0.3 is 9.80 Å². The number of para-hydroxylation sites is 1. The molecule has 0 spiro atoms. The summed E-state index contributed by atoms with van der Waals surface area (Å²) in [5.41, 5.74) is 3.88. The van der Waals surface area contributed by atoms with E-state index in [4.69, 9.17) is 0 Å². The van der Waals surface area contributed by atoms with Crippen LogP contribution in [0.3, 0.4) is 0 Å². The first-order valence-electron chi connectivity index (χ1n) is 9.13. The van der Waals surface area contributed by atoms with Gasteiger partial charge in [-0.15, -0.1) is 0 Å². The first kappa shape index (κ1) is 17.6. The van der Waals surface area contributed by atoms with E-state index >= 15 is 0 Å². The Labute approximate surface area is 149 Å². The third-order valence-electron chi connectivity index (χ3n) is 5.18. The number of nitrogens with zero attached hydrogens (tertiary/aromatic N) is 1. The van der Waals surface area contributed by atoms with Crippen molar-refractivity contribution in [3.8, 4) is 0 Å². The van der Waals surface area contributed by atoms with Gasteiger partial charge in [0.15, 0.2) is 0 Å². The van der Waals surface area contributed by atoms with Crippen LogP contribution in [-0.2, 0) is 19.5 Å². The normalized spacial score (nSPS) is 20.4. The molecule has 2 N–H and O–H groups in total. The van der Waals surface area contributed by atoms with Gasteiger partial charge >= 0.3 is 0 Å². The number of benzene rings is 2. The lowest BCUT2D eigenvalue weighted by Gasteiger charge is -2.29. The van der Waals surface area contributed by atoms with E-state index in [-0.39, 0.29) is 10.6 Å². The second-order valence-corrected chi connectivity index (χ2v) is 6.91. The van der Waals surface area contributed by atoms with Crippen molar-refractivity contribution in [1.82, 2.24) is 0 Å². The van der Waals surface area contributed by atoms with Gasteiger partial charge in [0.05, 0.1) is 10.5 Å². The average Bonchev–Trinajstić information content (AvgIpc) is 2.64. The number of rotatable bonds is 6. The lowest BCUT2D eigenvalue weighted by atomic mass is 10.1. The van der Waals surface area contributed by atoms with E-state index in [1.807, 2.05) is 12.1 Å². The van der Waals surface area contributed by atoms with E-state index in [0.29, 0.717) is 0 Å². The van der Waals surface area contributed by atoms with Crippen LogP contribution in [0.2, 0.25) is 0 Å². The molecule has 0 amide bonds. The zero-order valence-corrected chi connectivity index (χ0v) is 14.8. The molecule has 0 bridgehead atoms. The zero-order valence-electron chi connectivity index (χ0n) is 14.8. The quantitative estimate of drug-likeness (QED) is 0.598. The Morgan fingerprint density at radius 2 is 1.44 bits per heavy atom. The van der Waals surface area contributed by atoms with E-state index < -0.39 is 0 Å². The summed E-state index contributed by atoms with van der Waals surface area (Å²) >= 11 is 0. The Kier molecular flexibility index (Phi) is 5.79. The number of aryl methyl sites for hydroxylation is 1. The third kappa shape index (κ3) is 4.65. The number of hydrogen-bond acceptors (Lipinski definition) is 2. The molecule has 0 aromatic heterocycles. The monoisotopic (exact) mass is 341 g/mol. The fraction of sp³-hybridized carbons (Fsp3) is 0.400. The van der Waals surface area contributed by atoms with Gasteiger partial charge in [-0.05, 0) is 18.1 Å². The van der Waals surface area contributed by atoms with Gasteiger partial charge in [0.2, 0.25) is 0 Å². The number of nitrogens with one attached hydrogen (secondary N) is 2. The Bertz CT molecular complexity index is 707. The van der Waals surface area contributed by atoms with Gasteiger partial charge in [-0.2, -0.15) is 0 Å². The van der Waals surface area contributed by atoms with E-state index in [9.17, 15) is 10.1 Å². The second-order valence-electron chi connectivity index (χ2n) is 6.91. The highest BCUT2D eigenvalue weighted by atomic mass is 16.6. The summed E-state index contributed by atoms with van der Waals surface area (Å²) in [5.74, 6) is 0. The lowest BCUT2D eigenvalue weighted by Crippen LogP contribution is -3.27. The topological polar surface area (TPSA) is 52.0 Å². The molecule has 0 atom stereocenters. The van der Waals surface area contributed by atoms with Crippen molar-refractivity contribution < 1.29 is 14.7 Å². The summed E-state index contributed by atoms with van der Waals surface area (Å²) in [6.07, 6.45) is 1.08. The van der Waals surface area contributed by atoms with E-state index in [0.717, 1.165) is 51.3 Å². The van der Waals surface area contributed by atoms with Crippen LogP contribution in [0.4, 0.5) is 5.69 Å². The van der Waals surface area contributed by atoms with Gasteiger partial charge in [-0.1, -0.05) is 43.3 Å². The number of nitro groups is 1. The fourth-order valence-electron chi connectivity index (χ4n) is 3.60. The number of piperazine rings is 1. The van der Waals surface area contributed by atoms with Crippen molar-refractivity contribution in [1.29, 1.82) is 0 Å². The minimum absolute atomic E-state index is 0.251. The van der Waals surface area contributed by atoms with Crippen molar-refractivity contribution >= 4 is 5.69 Å². The number of nitro benzene ring substituents is 1. The van der Waals surface area contributed by atoms with Crippen molar-refractivity contribution in [2.24, 2.45) is 0 Å². The molecule has 0 aliphatic carbocycles. The maximum atomic E-state index is 11.2. The maximum Gasteiger partial charge on any atom is 0.278 e. The Hall–Kier alpha value is -2.24. The molecule has 132 valence electrons. The van der Waals surface area contributed by atoms with Crippen molar-refractivity contribution in [2.75, 3.05) is 26.2 Å². The molecule has 5 nitrogen and oxygen atoms in total. The molecular formula is C20H27N3O2+2. The Morgan fingerprint density at radius 1 is 0.880 bits per heavy atom. The molecule has 25 heavy (non-hydrogen) atoms. The van der Waals surface area contributed by atoms with E-state index in [1.165, 1.54) is 16.0 Å². The average molecular weight is 341 g/mol. The number of hydrogen-bond donors (Lipinski definition) is 2. The van der Waals surface area contributed by atoms with Crippen LogP contribution in [0.15, 0.2) is 48.5 Å². The van der Waals surface area contributed by atoms with Crippen LogP contribution in [0.5, 0.6) is 0 Å². The van der Waals surface area contributed by atoms with Gasteiger partial charge in [-0.25, -0.2) is 0 Å². The van der Waals surface area contributed by atoms with E-state index in [1.54, 1.807) is 17.0 Å². The molecule has 1 aliphatic rings. The van der Waals surface area contributed by atoms with Gasteiger partial charge in [0, 0.05) is 11.6 Å². The van der Waals surface area contributed by atoms with E-state index in [2.05, 4.69) is 31.2 Å². The standard InChI is InChI=1S/C20H25N3O2/c1-2-17-7-9-18(10-8-17)15-21-11-13-22(14-12-21)16-19-5-3-4-6-20(19)23(24)25/h3-10H,2,11-16H2,1H3/p+2. The first-order valence-corrected chi connectivity index (χ1v) is 9.13. The molecule has 0 unspecified atom stereocenters. The molecule has 3 rings (SSSR count). The van der Waals surface area contributed by atoms with Crippen LogP contribution in [-0.4, -0.2) is 31.1 Å². The van der Waals surface area contributed by atoms with Crippen LogP contribution >= 0.6 is 0 Å². The van der Waals surface area contributed by atoms with Crippen LogP contribution in [0.1, 0.15) is 23.6 Å². The molecule has 5 heteroatoms. The summed E-state index contributed by atoms with van der Waals surface area (Å²) in [5, 5.41) is 11.2. The van der Waals surface area contributed by atoms with Crippen LogP contribution in [0, 0.1) is 10.1 Å². The highest BCUT2D eigenvalue weighted by molar-refractivity contribution is 5.39.